The Morgan fingerprint density at radius 1 is 1.29 bits per heavy atom. The Hall–Kier alpha value is -2.02. The van der Waals surface area contributed by atoms with Crippen LogP contribution in [0, 0.1) is 0 Å². The third-order valence-electron chi connectivity index (χ3n) is 2.05. The number of nitrogens with zero attached hydrogens (tertiary/aromatic N) is 2. The minimum absolute atomic E-state index is 0.202. The molecule has 0 aliphatic rings. The topological polar surface area (TPSA) is 92.8 Å². The fourth-order valence-corrected chi connectivity index (χ4v) is 1.74. The molecule has 2 aromatic heterocycles. The number of aromatic nitrogens is 3. The van der Waals surface area contributed by atoms with Crippen LogP contribution in [0.3, 0.4) is 0 Å². The van der Waals surface area contributed by atoms with Gasteiger partial charge in [-0.2, -0.15) is 0 Å². The van der Waals surface area contributed by atoms with Crippen molar-refractivity contribution in [3.63, 3.8) is 0 Å². The molecule has 0 aliphatic carbocycles. The molecule has 6 nitrogen and oxygen atoms in total. The Bertz CT molecular complexity index is 656. The zero-order valence-electron chi connectivity index (χ0n) is 8.66. The number of hydrogen-bond donors (Lipinski definition) is 2. The first-order chi connectivity index (χ1) is 8.15. The van der Waals surface area contributed by atoms with Crippen molar-refractivity contribution in [2.24, 2.45) is 0 Å². The summed E-state index contributed by atoms with van der Waals surface area (Å²) < 4.78 is 21.1. The van der Waals surface area contributed by atoms with Gasteiger partial charge in [0, 0.05) is 24.0 Å². The van der Waals surface area contributed by atoms with Gasteiger partial charge < -0.3 is 4.98 Å². The van der Waals surface area contributed by atoms with Crippen LogP contribution >= 0.6 is 0 Å². The summed E-state index contributed by atoms with van der Waals surface area (Å²) in [6, 6.07) is 4.70. The standard InChI is InChI=1S/C10H9N3O3S/c14-10-5-7(1-3-12-10)8-2-4-11-9(13-8)6-17(15)16/h1-5,17H,6H2,(H,12,14). The average molecular weight is 251 g/mol. The number of aromatic amines is 1. The summed E-state index contributed by atoms with van der Waals surface area (Å²) in [7, 11) is -2.56. The third-order valence-corrected chi connectivity index (χ3v) is 2.59. The van der Waals surface area contributed by atoms with Crippen molar-refractivity contribution in [2.45, 2.75) is 5.75 Å². The number of nitrogens with one attached hydrogen (secondary N) is 1. The van der Waals surface area contributed by atoms with E-state index in [0.717, 1.165) is 0 Å². The van der Waals surface area contributed by atoms with Crippen LogP contribution < -0.4 is 5.56 Å². The van der Waals surface area contributed by atoms with E-state index < -0.39 is 10.7 Å². The Morgan fingerprint density at radius 2 is 2.12 bits per heavy atom. The molecule has 0 fully saturated rings. The number of thiol groups is 1. The molecule has 2 aromatic rings. The molecule has 7 heteroatoms. The van der Waals surface area contributed by atoms with Crippen LogP contribution in [0.2, 0.25) is 0 Å². The van der Waals surface area contributed by atoms with Crippen molar-refractivity contribution >= 4 is 10.7 Å². The second-order valence-electron chi connectivity index (χ2n) is 3.29. The quantitative estimate of drug-likeness (QED) is 0.746. The molecule has 0 saturated heterocycles. The van der Waals surface area contributed by atoms with Crippen LogP contribution in [-0.2, 0) is 16.5 Å². The first-order valence-corrected chi connectivity index (χ1v) is 6.14. The zero-order valence-corrected chi connectivity index (χ0v) is 9.55. The Kier molecular flexibility index (Phi) is 3.29. The maximum atomic E-state index is 11.1. The van der Waals surface area contributed by atoms with Gasteiger partial charge in [0.1, 0.15) is 22.3 Å². The lowest BCUT2D eigenvalue weighted by atomic mass is 10.2. The molecule has 0 amide bonds. The fourth-order valence-electron chi connectivity index (χ4n) is 1.36. The van der Waals surface area contributed by atoms with Crippen LogP contribution in [0.15, 0.2) is 35.4 Å². The lowest BCUT2D eigenvalue weighted by molar-refractivity contribution is 0.612. The smallest absolute Gasteiger partial charge is 0.248 e. The van der Waals surface area contributed by atoms with E-state index in [9.17, 15) is 13.2 Å². The molecule has 0 bridgehead atoms. The van der Waals surface area contributed by atoms with Crippen LogP contribution in [0.4, 0.5) is 0 Å². The molecule has 0 spiro atoms. The maximum absolute atomic E-state index is 11.1. The molecule has 0 radical (unpaired) electrons. The molecule has 88 valence electrons. The second-order valence-corrected chi connectivity index (χ2v) is 4.27. The summed E-state index contributed by atoms with van der Waals surface area (Å²) in [5.74, 6) is 0.0192. The van der Waals surface area contributed by atoms with E-state index in [1.54, 1.807) is 12.1 Å². The van der Waals surface area contributed by atoms with E-state index >= 15 is 0 Å². The highest BCUT2D eigenvalue weighted by Crippen LogP contribution is 2.13. The van der Waals surface area contributed by atoms with Crippen molar-refractivity contribution in [3.8, 4) is 11.3 Å². The summed E-state index contributed by atoms with van der Waals surface area (Å²) in [6.07, 6.45) is 2.98. The Labute approximate surface area is 98.3 Å². The van der Waals surface area contributed by atoms with E-state index in [4.69, 9.17) is 0 Å². The molecule has 0 saturated carbocycles. The van der Waals surface area contributed by atoms with Crippen LogP contribution in [0.1, 0.15) is 5.82 Å². The number of H-pyrrole nitrogens is 1. The fraction of sp³-hybridized carbons (Fsp3) is 0.100. The van der Waals surface area contributed by atoms with Crippen LogP contribution in [0.5, 0.6) is 0 Å². The van der Waals surface area contributed by atoms with Crippen molar-refractivity contribution in [3.05, 3.63) is 46.8 Å². The normalized spacial score (nSPS) is 10.6. The monoisotopic (exact) mass is 251 g/mol. The Balaban J connectivity index is 2.42. The maximum Gasteiger partial charge on any atom is 0.248 e. The number of hydrogen-bond acceptors (Lipinski definition) is 5. The third kappa shape index (κ3) is 2.97. The van der Waals surface area contributed by atoms with E-state index in [0.29, 0.717) is 11.3 Å². The largest absolute Gasteiger partial charge is 0.329 e. The van der Waals surface area contributed by atoms with Crippen molar-refractivity contribution in [2.75, 3.05) is 0 Å². The molecule has 2 heterocycles. The highest BCUT2D eigenvalue weighted by molar-refractivity contribution is 7.71. The first kappa shape index (κ1) is 11.5. The number of pyridine rings is 1. The van der Waals surface area contributed by atoms with Gasteiger partial charge >= 0.3 is 0 Å². The lowest BCUT2D eigenvalue weighted by Gasteiger charge is -2.00. The van der Waals surface area contributed by atoms with E-state index in [2.05, 4.69) is 15.0 Å². The molecular formula is C10H9N3O3S. The second kappa shape index (κ2) is 4.88. The van der Waals surface area contributed by atoms with Crippen molar-refractivity contribution < 1.29 is 8.42 Å². The van der Waals surface area contributed by atoms with Crippen LogP contribution in [0.25, 0.3) is 11.3 Å². The minimum Gasteiger partial charge on any atom is -0.329 e. The van der Waals surface area contributed by atoms with Crippen molar-refractivity contribution in [1.82, 2.24) is 15.0 Å². The highest BCUT2D eigenvalue weighted by Gasteiger charge is 2.03. The van der Waals surface area contributed by atoms with Gasteiger partial charge in [-0.3, -0.25) is 4.79 Å². The Morgan fingerprint density at radius 3 is 2.82 bits per heavy atom. The molecule has 1 N–H and O–H groups in total. The zero-order chi connectivity index (χ0) is 12.3. The summed E-state index contributed by atoms with van der Waals surface area (Å²) in [5, 5.41) is 0. The van der Waals surface area contributed by atoms with E-state index in [1.165, 1.54) is 18.5 Å². The average Bonchev–Trinajstić information content (AvgIpc) is 2.28. The molecular weight excluding hydrogens is 242 g/mol. The summed E-state index contributed by atoms with van der Waals surface area (Å²) in [5.41, 5.74) is 0.911. The number of rotatable bonds is 3. The van der Waals surface area contributed by atoms with E-state index in [1.807, 2.05) is 0 Å². The lowest BCUT2D eigenvalue weighted by Crippen LogP contribution is -2.03. The van der Waals surface area contributed by atoms with Gasteiger partial charge in [-0.1, -0.05) is 0 Å². The molecule has 17 heavy (non-hydrogen) atoms. The van der Waals surface area contributed by atoms with Gasteiger partial charge in [0.25, 0.3) is 0 Å². The van der Waals surface area contributed by atoms with Crippen LogP contribution in [-0.4, -0.2) is 23.4 Å². The minimum atomic E-state index is -2.56. The molecule has 2 rings (SSSR count). The van der Waals surface area contributed by atoms with E-state index in [-0.39, 0.29) is 17.1 Å². The predicted molar refractivity (Wildman–Crippen MR) is 62.1 cm³/mol. The molecule has 0 atom stereocenters. The van der Waals surface area contributed by atoms with Gasteiger partial charge in [-0.25, -0.2) is 18.4 Å². The van der Waals surface area contributed by atoms with Crippen molar-refractivity contribution in [1.29, 1.82) is 0 Å². The SMILES string of the molecule is O=c1cc(-c2ccnc(C[SH](=O)=O)n2)cc[nH]1. The van der Waals surface area contributed by atoms with Gasteiger partial charge in [0.15, 0.2) is 0 Å². The molecule has 0 unspecified atom stereocenters. The summed E-state index contributed by atoms with van der Waals surface area (Å²) in [4.78, 5) is 21.5. The molecule has 0 aromatic carbocycles. The van der Waals surface area contributed by atoms with Gasteiger partial charge in [-0.15, -0.1) is 0 Å². The predicted octanol–water partition coefficient (Wildman–Crippen LogP) is -0.0567. The molecule has 0 aliphatic heterocycles. The summed E-state index contributed by atoms with van der Waals surface area (Å²) >= 11 is 0. The van der Waals surface area contributed by atoms with Gasteiger partial charge in [0.2, 0.25) is 5.56 Å². The van der Waals surface area contributed by atoms with Gasteiger partial charge in [-0.05, 0) is 12.1 Å². The van der Waals surface area contributed by atoms with Gasteiger partial charge in [0.05, 0.1) is 5.69 Å². The first-order valence-electron chi connectivity index (χ1n) is 4.78. The highest BCUT2D eigenvalue weighted by atomic mass is 32.2. The summed E-state index contributed by atoms with van der Waals surface area (Å²) in [6.45, 7) is 0.